The van der Waals surface area contributed by atoms with E-state index in [1.54, 1.807) is 12.1 Å². The molecule has 0 unspecified atom stereocenters. The van der Waals surface area contributed by atoms with Crippen LogP contribution in [0.25, 0.3) is 0 Å². The maximum absolute atomic E-state index is 11.7. The number of ether oxygens (including phenoxy) is 1. The van der Waals surface area contributed by atoms with Crippen molar-refractivity contribution in [3.05, 3.63) is 58.0 Å². The van der Waals surface area contributed by atoms with Crippen LogP contribution in [0.2, 0.25) is 0 Å². The molecule has 0 saturated carbocycles. The third kappa shape index (κ3) is 4.08. The van der Waals surface area contributed by atoms with E-state index in [9.17, 15) is 14.9 Å². The number of furan rings is 1. The Bertz CT molecular complexity index is 661. The predicted octanol–water partition coefficient (Wildman–Crippen LogP) is 2.91. The van der Waals surface area contributed by atoms with Crippen molar-refractivity contribution in [3.8, 4) is 5.75 Å². The van der Waals surface area contributed by atoms with Crippen LogP contribution in [0.1, 0.15) is 30.2 Å². The summed E-state index contributed by atoms with van der Waals surface area (Å²) in [4.78, 5) is 21.8. The smallest absolute Gasteiger partial charge is 0.287 e. The monoisotopic (exact) mass is 304 g/mol. The SMILES string of the molecule is CC(C)NC(=O)c1ccc(COc2ccc([N+](=O)[O-])cc2)o1. The Morgan fingerprint density at radius 2 is 1.95 bits per heavy atom. The zero-order valence-corrected chi connectivity index (χ0v) is 12.2. The van der Waals surface area contributed by atoms with Gasteiger partial charge in [-0.05, 0) is 38.1 Å². The van der Waals surface area contributed by atoms with Gasteiger partial charge in [0.25, 0.3) is 11.6 Å². The van der Waals surface area contributed by atoms with Gasteiger partial charge in [-0.3, -0.25) is 14.9 Å². The maximum Gasteiger partial charge on any atom is 0.287 e. The van der Waals surface area contributed by atoms with Gasteiger partial charge in [0.2, 0.25) is 0 Å². The van der Waals surface area contributed by atoms with Gasteiger partial charge < -0.3 is 14.5 Å². The van der Waals surface area contributed by atoms with Crippen LogP contribution in [-0.2, 0) is 6.61 Å². The Hall–Kier alpha value is -2.83. The predicted molar refractivity (Wildman–Crippen MR) is 78.7 cm³/mol. The summed E-state index contributed by atoms with van der Waals surface area (Å²) in [6.07, 6.45) is 0. The molecule has 22 heavy (non-hydrogen) atoms. The van der Waals surface area contributed by atoms with E-state index in [0.717, 1.165) is 0 Å². The molecule has 1 aromatic heterocycles. The van der Waals surface area contributed by atoms with Crippen LogP contribution in [0.3, 0.4) is 0 Å². The maximum atomic E-state index is 11.7. The number of rotatable bonds is 6. The standard InChI is InChI=1S/C15H16N2O5/c1-10(2)16-15(18)14-8-7-13(22-14)9-21-12-5-3-11(4-6-12)17(19)20/h3-8,10H,9H2,1-2H3,(H,16,18). The fourth-order valence-electron chi connectivity index (χ4n) is 1.73. The molecule has 0 aliphatic rings. The number of hydrogen-bond donors (Lipinski definition) is 1. The minimum absolute atomic E-state index is 0.00186. The van der Waals surface area contributed by atoms with E-state index in [2.05, 4.69) is 5.32 Å². The van der Waals surface area contributed by atoms with E-state index in [0.29, 0.717) is 11.5 Å². The molecule has 0 bridgehead atoms. The zero-order chi connectivity index (χ0) is 16.1. The number of nitro groups is 1. The van der Waals surface area contributed by atoms with Gasteiger partial charge in [0, 0.05) is 18.2 Å². The Morgan fingerprint density at radius 3 is 2.55 bits per heavy atom. The first kappa shape index (κ1) is 15.6. The molecule has 2 rings (SSSR count). The highest BCUT2D eigenvalue weighted by Gasteiger charge is 2.12. The average Bonchev–Trinajstić information content (AvgIpc) is 2.94. The van der Waals surface area contributed by atoms with Gasteiger partial charge in [0.05, 0.1) is 4.92 Å². The third-order valence-electron chi connectivity index (χ3n) is 2.73. The summed E-state index contributed by atoms with van der Waals surface area (Å²) in [7, 11) is 0. The fourth-order valence-corrected chi connectivity index (χ4v) is 1.73. The highest BCUT2D eigenvalue weighted by Crippen LogP contribution is 2.19. The van der Waals surface area contributed by atoms with Crippen molar-refractivity contribution in [2.75, 3.05) is 0 Å². The number of carbonyl (C=O) groups is 1. The highest BCUT2D eigenvalue weighted by molar-refractivity contribution is 5.91. The van der Waals surface area contributed by atoms with E-state index < -0.39 is 4.92 Å². The molecule has 0 aliphatic carbocycles. The first-order chi connectivity index (χ1) is 10.5. The van der Waals surface area contributed by atoms with Crippen molar-refractivity contribution >= 4 is 11.6 Å². The van der Waals surface area contributed by atoms with Crippen LogP contribution in [0.5, 0.6) is 5.75 Å². The van der Waals surface area contributed by atoms with Gasteiger partial charge in [-0.2, -0.15) is 0 Å². The fraction of sp³-hybridized carbons (Fsp3) is 0.267. The summed E-state index contributed by atoms with van der Waals surface area (Å²) in [6, 6.07) is 8.99. The van der Waals surface area contributed by atoms with Gasteiger partial charge in [0.1, 0.15) is 18.1 Å². The summed E-state index contributed by atoms with van der Waals surface area (Å²) in [5, 5.41) is 13.3. The van der Waals surface area contributed by atoms with Crippen LogP contribution in [0, 0.1) is 10.1 Å². The molecule has 0 fully saturated rings. The second kappa shape index (κ2) is 6.75. The van der Waals surface area contributed by atoms with E-state index >= 15 is 0 Å². The van der Waals surface area contributed by atoms with Gasteiger partial charge in [-0.15, -0.1) is 0 Å². The second-order valence-electron chi connectivity index (χ2n) is 4.93. The zero-order valence-electron chi connectivity index (χ0n) is 12.2. The molecule has 1 aromatic carbocycles. The topological polar surface area (TPSA) is 94.6 Å². The molecule has 1 heterocycles. The van der Waals surface area contributed by atoms with Crippen molar-refractivity contribution < 1.29 is 18.9 Å². The summed E-state index contributed by atoms with van der Waals surface area (Å²) < 4.78 is 10.8. The van der Waals surface area contributed by atoms with Crippen molar-refractivity contribution in [1.29, 1.82) is 0 Å². The molecular weight excluding hydrogens is 288 g/mol. The molecule has 7 heteroatoms. The number of nitrogens with one attached hydrogen (secondary N) is 1. The lowest BCUT2D eigenvalue weighted by Gasteiger charge is -2.06. The summed E-state index contributed by atoms with van der Waals surface area (Å²) in [5.41, 5.74) is -0.00186. The molecule has 0 spiro atoms. The van der Waals surface area contributed by atoms with Gasteiger partial charge in [-0.25, -0.2) is 0 Å². The van der Waals surface area contributed by atoms with Crippen LogP contribution in [-0.4, -0.2) is 16.9 Å². The minimum Gasteiger partial charge on any atom is -0.486 e. The molecule has 1 N–H and O–H groups in total. The Morgan fingerprint density at radius 1 is 1.27 bits per heavy atom. The number of benzene rings is 1. The second-order valence-corrected chi connectivity index (χ2v) is 4.93. The quantitative estimate of drug-likeness (QED) is 0.654. The first-order valence-corrected chi connectivity index (χ1v) is 6.72. The van der Waals surface area contributed by atoms with E-state index in [-0.39, 0.29) is 30.0 Å². The molecule has 2 aromatic rings. The number of hydrogen-bond acceptors (Lipinski definition) is 5. The summed E-state index contributed by atoms with van der Waals surface area (Å²) in [5.74, 6) is 0.912. The van der Waals surface area contributed by atoms with Crippen molar-refractivity contribution in [1.82, 2.24) is 5.32 Å². The Labute approximate surface area is 127 Å². The molecule has 116 valence electrons. The van der Waals surface area contributed by atoms with Crippen molar-refractivity contribution in [2.45, 2.75) is 26.5 Å². The third-order valence-corrected chi connectivity index (χ3v) is 2.73. The minimum atomic E-state index is -0.476. The van der Waals surface area contributed by atoms with Crippen LogP contribution >= 0.6 is 0 Å². The van der Waals surface area contributed by atoms with E-state index in [1.165, 1.54) is 24.3 Å². The normalized spacial score (nSPS) is 10.5. The number of amides is 1. The van der Waals surface area contributed by atoms with Gasteiger partial charge in [-0.1, -0.05) is 0 Å². The van der Waals surface area contributed by atoms with Crippen LogP contribution in [0.15, 0.2) is 40.8 Å². The molecule has 0 atom stereocenters. The number of non-ortho nitro benzene ring substituents is 1. The largest absolute Gasteiger partial charge is 0.486 e. The lowest BCUT2D eigenvalue weighted by atomic mass is 10.3. The number of nitrogens with zero attached hydrogens (tertiary/aromatic N) is 1. The molecule has 7 nitrogen and oxygen atoms in total. The van der Waals surface area contributed by atoms with Crippen LogP contribution in [0.4, 0.5) is 5.69 Å². The van der Waals surface area contributed by atoms with Gasteiger partial charge in [0.15, 0.2) is 5.76 Å². The Balaban J connectivity index is 1.93. The average molecular weight is 304 g/mol. The van der Waals surface area contributed by atoms with Crippen molar-refractivity contribution in [2.24, 2.45) is 0 Å². The van der Waals surface area contributed by atoms with Gasteiger partial charge >= 0.3 is 0 Å². The summed E-state index contributed by atoms with van der Waals surface area (Å²) in [6.45, 7) is 3.85. The lowest BCUT2D eigenvalue weighted by molar-refractivity contribution is -0.384. The van der Waals surface area contributed by atoms with Crippen molar-refractivity contribution in [3.63, 3.8) is 0 Å². The summed E-state index contributed by atoms with van der Waals surface area (Å²) >= 11 is 0. The molecule has 1 amide bonds. The highest BCUT2D eigenvalue weighted by atomic mass is 16.6. The molecule has 0 saturated heterocycles. The number of nitro benzene ring substituents is 1. The number of carbonyl (C=O) groups excluding carboxylic acids is 1. The molecular formula is C15H16N2O5. The van der Waals surface area contributed by atoms with E-state index in [1.807, 2.05) is 13.8 Å². The molecule has 0 radical (unpaired) electrons. The van der Waals surface area contributed by atoms with Crippen LogP contribution < -0.4 is 10.1 Å². The molecule has 0 aliphatic heterocycles. The lowest BCUT2D eigenvalue weighted by Crippen LogP contribution is -2.29. The Kier molecular flexibility index (Phi) is 4.77. The first-order valence-electron chi connectivity index (χ1n) is 6.72. The van der Waals surface area contributed by atoms with E-state index in [4.69, 9.17) is 9.15 Å².